The fourth-order valence-electron chi connectivity index (χ4n) is 13.7. The van der Waals surface area contributed by atoms with Crippen LogP contribution in [0, 0.1) is 36.4 Å². The van der Waals surface area contributed by atoms with E-state index < -0.39 is 11.9 Å². The Morgan fingerprint density at radius 3 is 0.993 bits per heavy atom. The Bertz CT molecular complexity index is 7630. The van der Waals surface area contributed by atoms with Gasteiger partial charge in [0, 0.05) is 152 Å². The zero-order chi connectivity index (χ0) is 96.3. The van der Waals surface area contributed by atoms with Gasteiger partial charge in [-0.1, -0.05) is 137 Å². The molecule has 11 aromatic carbocycles. The molecule has 24 aromatic rings. The zero-order valence-corrected chi connectivity index (χ0v) is 87.1. The van der Waals surface area contributed by atoms with Gasteiger partial charge in [-0.05, 0) is 102 Å². The molecule has 701 valence electrons. The maximum atomic E-state index is 10.3. The van der Waals surface area contributed by atoms with Crippen LogP contribution in [0.2, 0.25) is 0 Å². The molecule has 0 spiro atoms. The van der Waals surface area contributed by atoms with E-state index >= 15 is 0 Å². The van der Waals surface area contributed by atoms with Crippen molar-refractivity contribution in [3.8, 4) is 111 Å². The first kappa shape index (κ1) is 107. The standard InChI is InChI=1S/C20H11N2S2.C19H11NS.C18H11N2.C16H10N4.C16H11N2.C14H9N4.C6H4N2O4.3CHO.2Ir.2Re/c1-3-10-17-15(8-1)21-19(23-17)13-6-5-7-14(12-13)20-22-16-9-2-4-11-18(16)24-20;1-2-7-14(8-3-1)15-9-6-10-16(13-15)19-20-17-11-4-5-12-18(17)21-19;1-2-5-13(6-3-1)16-11-10-15-9-8-14-7-4-12-19-17(14)18(15)20-16;1-3-11-4-5-12-6-7-13(16-18-9-2-10-19-16)20-15(12)14(11)17-8-1;1-2-7-13(8-3-1)14-10-6-11-16(18-14)15-9-4-5-12-17-15;1-4-11(13-15-6-2-7-16-13)10-12(5-1)14-17-8-3-9-18-14;9-5(10)3-1-7-2-4(8-3)6(11)12;3*1-2;;;;/h1-11H;1-7,9-12H;1-5,7-12H;1-10H;1-7,9-12H;1-9H;1-2H,(H,9,10)(H,11,12);3*1H;;;;/q-1;-2;-1;;2*-1;;3*-1;;+3;;. The molecule has 0 fully saturated rings. The zero-order valence-electron chi connectivity index (χ0n) is 74.4. The van der Waals surface area contributed by atoms with Gasteiger partial charge in [-0.15, -0.1) is 139 Å². The molecule has 0 amide bonds. The van der Waals surface area contributed by atoms with Gasteiger partial charge in [0.25, 0.3) is 0 Å². The van der Waals surface area contributed by atoms with Crippen LogP contribution in [0.3, 0.4) is 0 Å². The summed E-state index contributed by atoms with van der Waals surface area (Å²) in [4.78, 5) is 117. The minimum absolute atomic E-state index is 0. The number of carboxylic acids is 2. The maximum absolute atomic E-state index is 10.3. The molecule has 0 saturated heterocycles. The van der Waals surface area contributed by atoms with Gasteiger partial charge in [-0.2, -0.15) is 76.0 Å². The fraction of sp³-hybridized carbons (Fsp3) is 0. The average Bonchev–Trinajstić information content (AvgIpc) is 1.80. The van der Waals surface area contributed by atoms with Crippen molar-refractivity contribution in [1.82, 2.24) is 84.7 Å². The molecule has 0 aliphatic carbocycles. The molecule has 24 nitrogen and oxygen atoms in total. The van der Waals surface area contributed by atoms with Gasteiger partial charge >= 0.3 is 32.0 Å². The predicted octanol–water partition coefficient (Wildman–Crippen LogP) is 23.8. The van der Waals surface area contributed by atoms with Crippen molar-refractivity contribution in [2.24, 2.45) is 0 Å². The first-order chi connectivity index (χ1) is 68.6. The van der Waals surface area contributed by atoms with Gasteiger partial charge in [0.05, 0.1) is 89.1 Å². The van der Waals surface area contributed by atoms with E-state index in [1.165, 1.54) is 14.1 Å². The number of aromatic nitrogens is 17. The van der Waals surface area contributed by atoms with E-state index in [0.717, 1.165) is 166 Å². The number of carbonyl (C=O) groups is 2. The van der Waals surface area contributed by atoms with Gasteiger partial charge in [-0.3, -0.25) is 85.2 Å². The second kappa shape index (κ2) is 55.1. The summed E-state index contributed by atoms with van der Waals surface area (Å²) >= 11 is 5.10. The third-order valence-electron chi connectivity index (χ3n) is 19.9. The molecule has 0 atom stereocenters. The van der Waals surface area contributed by atoms with Crippen LogP contribution in [0.4, 0.5) is 0 Å². The van der Waals surface area contributed by atoms with E-state index in [0.29, 0.717) is 17.5 Å². The van der Waals surface area contributed by atoms with Crippen molar-refractivity contribution < 1.29 is 115 Å². The SMILES string of the molecule is O=C(O)c1cncc(C(=O)O)n1.[CH-]=O.[CH-]=O.[CH-]=O.[Ir+3].[Ir].[Re].[Re].[c-]1c(-c2nc3ccccc3s2)cccc1-c1nc2ccccc2s1.[c-]1c(-c2ncccn2)cccc1-c1ncccn1.[c-]1ccccc1-c1[c-]c(-c2nc3ccccc3s2)ccc1.[c-]1ccccc1-c1ccc2ccc3cccnc3c2n1.[c-]1ccccc1-c1cccc(-c2ccccn2)n1.c1cnc(-c2ccc3ccc4cccnc4c3n2)nc1. The van der Waals surface area contributed by atoms with E-state index in [9.17, 15) is 9.59 Å². The number of aromatic carboxylic acids is 2. The summed E-state index contributed by atoms with van der Waals surface area (Å²) in [5, 5.41) is 24.2. The summed E-state index contributed by atoms with van der Waals surface area (Å²) in [6.07, 6.45) is 17.6. The monoisotopic (exact) mass is 2620 g/mol. The normalized spacial score (nSPS) is 10.0. The molecule has 0 bridgehead atoms. The Morgan fingerprint density at radius 1 is 0.252 bits per heavy atom. The molecule has 2 N–H and O–H groups in total. The van der Waals surface area contributed by atoms with Crippen LogP contribution in [-0.2, 0) is 95.4 Å². The fourth-order valence-corrected chi connectivity index (χ4v) is 16.5. The number of rotatable bonds is 12. The van der Waals surface area contributed by atoms with E-state index in [4.69, 9.17) is 44.5 Å². The molecular weight excluding hydrogens is 2550 g/mol. The van der Waals surface area contributed by atoms with Crippen LogP contribution in [0.1, 0.15) is 21.0 Å². The number of hydrogen-bond donors (Lipinski definition) is 2. The van der Waals surface area contributed by atoms with Crippen molar-refractivity contribution in [2.75, 3.05) is 0 Å². The molecular formula is C112H70Ir2N17O7Re2S3-6. The van der Waals surface area contributed by atoms with E-state index in [1.807, 2.05) is 231 Å². The maximum Gasteiger partial charge on any atom is 3.00 e. The topological polar surface area (TPSA) is 345 Å². The van der Waals surface area contributed by atoms with Crippen LogP contribution < -0.4 is 0 Å². The molecule has 3 radical (unpaired) electrons. The first-order valence-corrected chi connectivity index (χ1v) is 44.6. The molecule has 0 unspecified atom stereocenters. The molecule has 0 saturated carbocycles. The molecule has 0 aliphatic rings. The Hall–Kier alpha value is -16.1. The summed E-state index contributed by atoms with van der Waals surface area (Å²) in [5.74, 6) is -0.677. The summed E-state index contributed by atoms with van der Waals surface area (Å²) in [7, 11) is 0. The smallest absolute Gasteiger partial charge is 0.545 e. The number of nitrogens with zero attached hydrogens (tertiary/aromatic N) is 17. The van der Waals surface area contributed by atoms with Gasteiger partial charge in [-0.25, -0.2) is 35.1 Å². The molecule has 31 heteroatoms. The van der Waals surface area contributed by atoms with Crippen LogP contribution in [0.15, 0.2) is 396 Å². The minimum atomic E-state index is -1.30. The summed E-state index contributed by atoms with van der Waals surface area (Å²) in [6.45, 7) is 9.75. The van der Waals surface area contributed by atoms with Crippen LogP contribution in [-0.4, -0.2) is 127 Å². The minimum Gasteiger partial charge on any atom is -0.545 e. The Kier molecular flexibility index (Phi) is 41.3. The number of para-hydroxylation sites is 3. The number of fused-ring (bicyclic) bond motifs is 9. The molecule has 143 heavy (non-hydrogen) atoms. The third-order valence-corrected chi connectivity index (χ3v) is 23.2. The van der Waals surface area contributed by atoms with Crippen molar-refractivity contribution in [3.63, 3.8) is 0 Å². The summed E-state index contributed by atoms with van der Waals surface area (Å²) < 4.78 is 3.61. The number of hydrogen-bond acceptors (Lipinski definition) is 25. The quantitative estimate of drug-likeness (QED) is 0.0652. The van der Waals surface area contributed by atoms with Gasteiger partial charge in [0.1, 0.15) is 5.69 Å². The Labute approximate surface area is 887 Å². The van der Waals surface area contributed by atoms with E-state index in [-0.39, 0.29) is 92.4 Å². The number of carbonyl (C=O) groups excluding carboxylic acids is 3. The molecule has 0 aliphatic heterocycles. The largest absolute Gasteiger partial charge is 3.00 e. The van der Waals surface area contributed by atoms with Crippen molar-refractivity contribution in [3.05, 3.63) is 444 Å². The van der Waals surface area contributed by atoms with Crippen LogP contribution in [0.25, 0.3) is 185 Å². The molecule has 13 aromatic heterocycles. The van der Waals surface area contributed by atoms with Gasteiger partial charge in [0.15, 0.2) is 17.2 Å². The summed E-state index contributed by atoms with van der Waals surface area (Å²) in [6, 6.07) is 128. The average molecular weight is 2620 g/mol. The molecule has 24 rings (SSSR count). The number of benzene rings is 11. The van der Waals surface area contributed by atoms with Gasteiger partial charge in [0.2, 0.25) is 0 Å². The Balaban J connectivity index is 0.000000158. The second-order valence-electron chi connectivity index (χ2n) is 28.8. The van der Waals surface area contributed by atoms with Crippen LogP contribution in [0.5, 0.6) is 0 Å². The van der Waals surface area contributed by atoms with Crippen molar-refractivity contribution in [1.29, 1.82) is 0 Å². The second-order valence-corrected chi connectivity index (χ2v) is 31.9. The summed E-state index contributed by atoms with van der Waals surface area (Å²) in [5.41, 5.74) is 19.3. The van der Waals surface area contributed by atoms with Crippen molar-refractivity contribution in [2.45, 2.75) is 0 Å². The van der Waals surface area contributed by atoms with Crippen molar-refractivity contribution >= 4 is 141 Å². The third kappa shape index (κ3) is 28.4. The predicted molar refractivity (Wildman–Crippen MR) is 545 cm³/mol. The Morgan fingerprint density at radius 2 is 0.573 bits per heavy atom. The number of carboxylic acid groups (broad SMARTS) is 2. The van der Waals surface area contributed by atoms with Gasteiger partial charge < -0.3 is 24.6 Å². The van der Waals surface area contributed by atoms with Crippen LogP contribution >= 0.6 is 34.0 Å². The molecule has 13 heterocycles. The van der Waals surface area contributed by atoms with E-state index in [2.05, 4.69) is 206 Å². The number of thiazole rings is 3. The first-order valence-electron chi connectivity index (χ1n) is 42.1. The van der Waals surface area contributed by atoms with E-state index in [1.54, 1.807) is 102 Å². The number of pyridine rings is 6.